The van der Waals surface area contributed by atoms with Gasteiger partial charge in [0.2, 0.25) is 0 Å². The number of halogens is 1. The molecule has 4 heteroatoms. The highest BCUT2D eigenvalue weighted by atomic mass is 19.1. The van der Waals surface area contributed by atoms with E-state index in [4.69, 9.17) is 0 Å². The van der Waals surface area contributed by atoms with Gasteiger partial charge in [-0.1, -0.05) is 13.8 Å². The van der Waals surface area contributed by atoms with Crippen LogP contribution in [0.15, 0.2) is 0 Å². The Kier molecular flexibility index (Phi) is 5.80. The largest absolute Gasteiger partial charge is 0.337 e. The Labute approximate surface area is 92.2 Å². The zero-order valence-corrected chi connectivity index (χ0v) is 10.5. The van der Waals surface area contributed by atoms with Gasteiger partial charge in [0, 0.05) is 26.2 Å². The number of piperazine rings is 1. The molecule has 3 nitrogen and oxygen atoms in total. The predicted octanol–water partition coefficient (Wildman–Crippen LogP) is 1.53. The normalized spacial score (nSPS) is 18.1. The maximum absolute atomic E-state index is 13.3. The molecule has 1 rings (SSSR count). The molecule has 1 saturated heterocycles. The Morgan fingerprint density at radius 2 is 1.53 bits per heavy atom. The second kappa shape index (κ2) is 6.05. The lowest BCUT2D eigenvalue weighted by molar-refractivity contribution is -0.143. The standard InChI is InChI=1S/C9H17FN2O.C2H6/c1-9(2,10)8(13)12-6-4-11(3)5-7-12;1-2/h4-7H2,1-3H3;1-2H3. The van der Waals surface area contributed by atoms with Crippen LogP contribution in [0.2, 0.25) is 0 Å². The van der Waals surface area contributed by atoms with Crippen LogP contribution in [-0.4, -0.2) is 54.6 Å². The molecule has 1 aliphatic heterocycles. The van der Waals surface area contributed by atoms with E-state index in [-0.39, 0.29) is 5.91 Å². The highest BCUT2D eigenvalue weighted by Gasteiger charge is 2.32. The molecule has 0 aromatic heterocycles. The number of hydrogen-bond donors (Lipinski definition) is 0. The molecule has 0 spiro atoms. The van der Waals surface area contributed by atoms with Gasteiger partial charge < -0.3 is 9.80 Å². The van der Waals surface area contributed by atoms with Crippen LogP contribution in [-0.2, 0) is 4.79 Å². The SMILES string of the molecule is CC.CN1CCN(C(=O)C(C)(C)F)CC1. The van der Waals surface area contributed by atoms with Crippen LogP contribution in [0.5, 0.6) is 0 Å². The van der Waals surface area contributed by atoms with Crippen molar-refractivity contribution in [2.24, 2.45) is 0 Å². The lowest BCUT2D eigenvalue weighted by Crippen LogP contribution is -2.51. The van der Waals surface area contributed by atoms with Gasteiger partial charge in [0.1, 0.15) is 0 Å². The zero-order valence-electron chi connectivity index (χ0n) is 10.5. The molecule has 15 heavy (non-hydrogen) atoms. The van der Waals surface area contributed by atoms with Gasteiger partial charge in [0.25, 0.3) is 5.91 Å². The molecular formula is C11H23FN2O. The fraction of sp³-hybridized carbons (Fsp3) is 0.909. The molecule has 0 N–H and O–H groups in total. The number of carbonyl (C=O) groups excluding carboxylic acids is 1. The fourth-order valence-electron chi connectivity index (χ4n) is 1.39. The van der Waals surface area contributed by atoms with E-state index in [2.05, 4.69) is 4.90 Å². The van der Waals surface area contributed by atoms with Crippen LogP contribution in [0.3, 0.4) is 0 Å². The number of hydrogen-bond acceptors (Lipinski definition) is 2. The van der Waals surface area contributed by atoms with Crippen molar-refractivity contribution >= 4 is 5.91 Å². The molecule has 0 aromatic carbocycles. The Hall–Kier alpha value is -0.640. The summed E-state index contributed by atoms with van der Waals surface area (Å²) in [7, 11) is 2.00. The number of carbonyl (C=O) groups is 1. The van der Waals surface area contributed by atoms with Gasteiger partial charge >= 0.3 is 0 Å². The Morgan fingerprint density at radius 1 is 1.13 bits per heavy atom. The summed E-state index contributed by atoms with van der Waals surface area (Å²) in [5, 5.41) is 0. The van der Waals surface area contributed by atoms with E-state index < -0.39 is 5.67 Å². The van der Waals surface area contributed by atoms with E-state index in [1.807, 2.05) is 20.9 Å². The molecule has 1 heterocycles. The van der Waals surface area contributed by atoms with E-state index in [0.29, 0.717) is 13.1 Å². The second-order valence-electron chi connectivity index (χ2n) is 4.07. The molecule has 1 fully saturated rings. The van der Waals surface area contributed by atoms with Crippen LogP contribution in [0.4, 0.5) is 4.39 Å². The first-order chi connectivity index (χ1) is 6.91. The van der Waals surface area contributed by atoms with Gasteiger partial charge in [-0.2, -0.15) is 0 Å². The maximum atomic E-state index is 13.3. The van der Waals surface area contributed by atoms with Gasteiger partial charge in [-0.3, -0.25) is 4.79 Å². The highest BCUT2D eigenvalue weighted by molar-refractivity contribution is 5.84. The first-order valence-electron chi connectivity index (χ1n) is 5.58. The first-order valence-corrected chi connectivity index (χ1v) is 5.58. The third-order valence-corrected chi connectivity index (χ3v) is 2.30. The van der Waals surface area contributed by atoms with Crippen LogP contribution in [0, 0.1) is 0 Å². The first kappa shape index (κ1) is 14.4. The third kappa shape index (κ3) is 4.60. The van der Waals surface area contributed by atoms with E-state index in [1.54, 1.807) is 4.90 Å². The van der Waals surface area contributed by atoms with Crippen LogP contribution in [0.1, 0.15) is 27.7 Å². The lowest BCUT2D eigenvalue weighted by Gasteiger charge is -2.34. The lowest BCUT2D eigenvalue weighted by atomic mass is 10.1. The minimum atomic E-state index is -1.73. The summed E-state index contributed by atoms with van der Waals surface area (Å²) in [5.41, 5.74) is -1.73. The molecule has 0 saturated carbocycles. The summed E-state index contributed by atoms with van der Waals surface area (Å²) < 4.78 is 13.3. The molecule has 0 unspecified atom stereocenters. The van der Waals surface area contributed by atoms with E-state index in [1.165, 1.54) is 13.8 Å². The number of rotatable bonds is 1. The Morgan fingerprint density at radius 3 is 1.87 bits per heavy atom. The summed E-state index contributed by atoms with van der Waals surface area (Å²) in [4.78, 5) is 15.2. The van der Waals surface area contributed by atoms with Crippen molar-refractivity contribution in [3.8, 4) is 0 Å². The van der Waals surface area contributed by atoms with Crippen molar-refractivity contribution in [3.63, 3.8) is 0 Å². The van der Waals surface area contributed by atoms with Crippen molar-refractivity contribution in [1.29, 1.82) is 0 Å². The predicted molar refractivity (Wildman–Crippen MR) is 60.6 cm³/mol. The Balaban J connectivity index is 0.000000921. The number of amides is 1. The summed E-state index contributed by atoms with van der Waals surface area (Å²) in [5.74, 6) is -0.388. The molecule has 0 atom stereocenters. The van der Waals surface area contributed by atoms with Gasteiger partial charge in [0.15, 0.2) is 5.67 Å². The monoisotopic (exact) mass is 218 g/mol. The van der Waals surface area contributed by atoms with Crippen LogP contribution < -0.4 is 0 Å². The van der Waals surface area contributed by atoms with Gasteiger partial charge in [-0.15, -0.1) is 0 Å². The van der Waals surface area contributed by atoms with Gasteiger partial charge in [-0.25, -0.2) is 4.39 Å². The molecule has 0 aromatic rings. The van der Waals surface area contributed by atoms with Crippen molar-refractivity contribution in [2.45, 2.75) is 33.4 Å². The Bertz CT molecular complexity index is 193. The summed E-state index contributed by atoms with van der Waals surface area (Å²) in [6, 6.07) is 0. The van der Waals surface area contributed by atoms with E-state index >= 15 is 0 Å². The number of nitrogens with zero attached hydrogens (tertiary/aromatic N) is 2. The van der Waals surface area contributed by atoms with Crippen molar-refractivity contribution in [1.82, 2.24) is 9.80 Å². The van der Waals surface area contributed by atoms with Crippen molar-refractivity contribution in [2.75, 3.05) is 33.2 Å². The van der Waals surface area contributed by atoms with Gasteiger partial charge in [0.05, 0.1) is 0 Å². The molecule has 90 valence electrons. The molecule has 0 bridgehead atoms. The van der Waals surface area contributed by atoms with Crippen LogP contribution in [0.25, 0.3) is 0 Å². The summed E-state index contributed by atoms with van der Waals surface area (Å²) in [6.07, 6.45) is 0. The second-order valence-corrected chi connectivity index (χ2v) is 4.07. The average Bonchev–Trinajstić information content (AvgIpc) is 2.20. The minimum absolute atomic E-state index is 0.388. The van der Waals surface area contributed by atoms with Gasteiger partial charge in [-0.05, 0) is 20.9 Å². The number of alkyl halides is 1. The molecule has 0 radical (unpaired) electrons. The fourth-order valence-corrected chi connectivity index (χ4v) is 1.39. The highest BCUT2D eigenvalue weighted by Crippen LogP contribution is 2.14. The quantitative estimate of drug-likeness (QED) is 0.666. The smallest absolute Gasteiger partial charge is 0.259 e. The number of likely N-dealkylation sites (N-methyl/N-ethyl adjacent to an activating group) is 1. The zero-order chi connectivity index (χ0) is 12.1. The molecule has 0 aliphatic carbocycles. The van der Waals surface area contributed by atoms with Crippen molar-refractivity contribution < 1.29 is 9.18 Å². The summed E-state index contributed by atoms with van der Waals surface area (Å²) in [6.45, 7) is 9.58. The third-order valence-electron chi connectivity index (χ3n) is 2.30. The van der Waals surface area contributed by atoms with Crippen molar-refractivity contribution in [3.05, 3.63) is 0 Å². The molecule has 1 aliphatic rings. The molecular weight excluding hydrogens is 195 g/mol. The minimum Gasteiger partial charge on any atom is -0.337 e. The topological polar surface area (TPSA) is 23.6 Å². The summed E-state index contributed by atoms with van der Waals surface area (Å²) >= 11 is 0. The van der Waals surface area contributed by atoms with Crippen LogP contribution >= 0.6 is 0 Å². The average molecular weight is 218 g/mol. The molecule has 1 amide bonds. The maximum Gasteiger partial charge on any atom is 0.259 e. The van der Waals surface area contributed by atoms with E-state index in [9.17, 15) is 9.18 Å². The van der Waals surface area contributed by atoms with E-state index in [0.717, 1.165) is 13.1 Å².